The molecule has 1 saturated heterocycles. The molecule has 1 unspecified atom stereocenters. The molecule has 2 fully saturated rings. The number of ether oxygens (including phenoxy) is 2. The number of aromatic nitrogens is 1. The molecule has 1 spiro atoms. The Morgan fingerprint density at radius 1 is 1.03 bits per heavy atom. The van der Waals surface area contributed by atoms with E-state index in [2.05, 4.69) is 41.7 Å². The highest BCUT2D eigenvalue weighted by Crippen LogP contribution is 2.49. The summed E-state index contributed by atoms with van der Waals surface area (Å²) in [6, 6.07) is 15.8. The fraction of sp³-hybridized carbons (Fsp3) is 0.607. The molecule has 2 aromatic rings. The summed E-state index contributed by atoms with van der Waals surface area (Å²) in [5.41, 5.74) is 4.39. The Morgan fingerprint density at radius 3 is 2.62 bits per heavy atom. The van der Waals surface area contributed by atoms with Crippen LogP contribution in [0, 0.1) is 0 Å². The summed E-state index contributed by atoms with van der Waals surface area (Å²) in [5, 5.41) is 3.95. The van der Waals surface area contributed by atoms with Crippen LogP contribution in [0.15, 0.2) is 48.7 Å². The third-order valence-electron chi connectivity index (χ3n) is 8.35. The second kappa shape index (κ2) is 9.62. The molecule has 32 heavy (non-hydrogen) atoms. The van der Waals surface area contributed by atoms with Gasteiger partial charge in [0.05, 0.1) is 12.2 Å². The van der Waals surface area contributed by atoms with Gasteiger partial charge in [-0.25, -0.2) is 0 Å². The SMILES string of the molecule is COCC1CC[C@H](NCC[C@@]2(c3ccccn3)CCOC3(CCCC3)C2)c2ccccc21. The molecule has 4 heteroatoms. The van der Waals surface area contributed by atoms with Crippen molar-refractivity contribution in [2.75, 3.05) is 26.9 Å². The topological polar surface area (TPSA) is 43.4 Å². The molecule has 1 saturated carbocycles. The van der Waals surface area contributed by atoms with Crippen molar-refractivity contribution in [2.24, 2.45) is 0 Å². The molecule has 0 bridgehead atoms. The zero-order valence-corrected chi connectivity index (χ0v) is 19.5. The molecule has 1 N–H and O–H groups in total. The summed E-state index contributed by atoms with van der Waals surface area (Å²) in [6.07, 6.45) is 12.7. The Labute approximate surface area is 193 Å². The van der Waals surface area contributed by atoms with Gasteiger partial charge in [-0.15, -0.1) is 0 Å². The highest BCUT2D eigenvalue weighted by atomic mass is 16.5. The average Bonchev–Trinajstić information content (AvgIpc) is 3.28. The van der Waals surface area contributed by atoms with Crippen molar-refractivity contribution >= 4 is 0 Å². The maximum absolute atomic E-state index is 6.42. The van der Waals surface area contributed by atoms with E-state index in [1.165, 1.54) is 55.3 Å². The third-order valence-corrected chi connectivity index (χ3v) is 8.35. The van der Waals surface area contributed by atoms with Crippen molar-refractivity contribution in [1.29, 1.82) is 0 Å². The highest BCUT2D eigenvalue weighted by Gasteiger charge is 2.48. The second-order valence-electron chi connectivity index (χ2n) is 10.3. The van der Waals surface area contributed by atoms with Crippen molar-refractivity contribution in [3.63, 3.8) is 0 Å². The van der Waals surface area contributed by atoms with Crippen molar-refractivity contribution in [1.82, 2.24) is 10.3 Å². The molecule has 1 aromatic heterocycles. The van der Waals surface area contributed by atoms with E-state index in [0.717, 1.165) is 39.0 Å². The monoisotopic (exact) mass is 434 g/mol. The molecule has 3 atom stereocenters. The number of methoxy groups -OCH3 is 1. The van der Waals surface area contributed by atoms with Crippen molar-refractivity contribution in [3.8, 4) is 0 Å². The first-order valence-corrected chi connectivity index (χ1v) is 12.6. The summed E-state index contributed by atoms with van der Waals surface area (Å²) in [5.74, 6) is 0.520. The maximum atomic E-state index is 6.42. The Kier molecular flexibility index (Phi) is 6.64. The van der Waals surface area contributed by atoms with E-state index in [4.69, 9.17) is 14.5 Å². The lowest BCUT2D eigenvalue weighted by atomic mass is 9.68. The van der Waals surface area contributed by atoms with Gasteiger partial charge in [-0.05, 0) is 74.8 Å². The Hall–Kier alpha value is -1.75. The number of pyridine rings is 1. The predicted octanol–water partition coefficient (Wildman–Crippen LogP) is 5.69. The zero-order valence-electron chi connectivity index (χ0n) is 19.5. The van der Waals surface area contributed by atoms with Gasteiger partial charge in [0.2, 0.25) is 0 Å². The number of hydrogen-bond acceptors (Lipinski definition) is 4. The molecule has 2 aliphatic carbocycles. The van der Waals surface area contributed by atoms with Crippen LogP contribution in [0.2, 0.25) is 0 Å². The molecule has 4 nitrogen and oxygen atoms in total. The summed E-state index contributed by atoms with van der Waals surface area (Å²) in [6.45, 7) is 2.69. The molecule has 172 valence electrons. The van der Waals surface area contributed by atoms with Crippen LogP contribution in [-0.2, 0) is 14.9 Å². The maximum Gasteiger partial charge on any atom is 0.0691 e. The molecule has 1 aromatic carbocycles. The molecule has 2 heterocycles. The number of nitrogens with zero attached hydrogens (tertiary/aromatic N) is 1. The summed E-state index contributed by atoms with van der Waals surface area (Å²) in [7, 11) is 1.81. The van der Waals surface area contributed by atoms with Gasteiger partial charge in [0, 0.05) is 43.0 Å². The number of benzene rings is 1. The molecular weight excluding hydrogens is 396 g/mol. The first kappa shape index (κ1) is 22.1. The number of nitrogens with one attached hydrogen (secondary N) is 1. The second-order valence-corrected chi connectivity index (χ2v) is 10.3. The minimum atomic E-state index is 0.0839. The lowest BCUT2D eigenvalue weighted by Crippen LogP contribution is -2.47. The van der Waals surface area contributed by atoms with Crippen LogP contribution < -0.4 is 5.32 Å². The first-order valence-electron chi connectivity index (χ1n) is 12.6. The van der Waals surface area contributed by atoms with Gasteiger partial charge in [-0.1, -0.05) is 43.2 Å². The normalized spacial score (nSPS) is 29.2. The average molecular weight is 435 g/mol. The molecule has 0 radical (unpaired) electrons. The molecule has 5 rings (SSSR count). The minimum Gasteiger partial charge on any atom is -0.384 e. The van der Waals surface area contributed by atoms with E-state index >= 15 is 0 Å². The lowest BCUT2D eigenvalue weighted by molar-refractivity contribution is -0.104. The summed E-state index contributed by atoms with van der Waals surface area (Å²) in [4.78, 5) is 4.86. The number of rotatable bonds is 7. The van der Waals surface area contributed by atoms with Crippen molar-refractivity contribution < 1.29 is 9.47 Å². The van der Waals surface area contributed by atoms with Crippen molar-refractivity contribution in [2.45, 2.75) is 80.8 Å². The zero-order chi connectivity index (χ0) is 21.9. The lowest BCUT2D eigenvalue weighted by Gasteiger charge is -2.46. The van der Waals surface area contributed by atoms with Crippen LogP contribution >= 0.6 is 0 Å². The van der Waals surface area contributed by atoms with E-state index in [9.17, 15) is 0 Å². The van der Waals surface area contributed by atoms with Gasteiger partial charge in [0.15, 0.2) is 0 Å². The van der Waals surface area contributed by atoms with Crippen LogP contribution in [0.4, 0.5) is 0 Å². The Balaban J connectivity index is 1.32. The van der Waals surface area contributed by atoms with Gasteiger partial charge in [-0.3, -0.25) is 4.98 Å². The molecule has 3 aliphatic rings. The molecular formula is C28H38N2O2. The molecule has 1 aliphatic heterocycles. The number of fused-ring (bicyclic) bond motifs is 1. The summed E-state index contributed by atoms with van der Waals surface area (Å²) < 4.78 is 11.9. The quantitative estimate of drug-likeness (QED) is 0.608. The van der Waals surface area contributed by atoms with Gasteiger partial charge in [0.25, 0.3) is 0 Å². The van der Waals surface area contributed by atoms with Gasteiger partial charge in [-0.2, -0.15) is 0 Å². The van der Waals surface area contributed by atoms with Crippen LogP contribution in [0.3, 0.4) is 0 Å². The van der Waals surface area contributed by atoms with E-state index < -0.39 is 0 Å². The fourth-order valence-electron chi connectivity index (χ4n) is 6.75. The first-order chi connectivity index (χ1) is 15.7. The van der Waals surface area contributed by atoms with Crippen molar-refractivity contribution in [3.05, 3.63) is 65.5 Å². The Morgan fingerprint density at radius 2 is 1.84 bits per heavy atom. The third kappa shape index (κ3) is 4.37. The van der Waals surface area contributed by atoms with Crippen LogP contribution in [-0.4, -0.2) is 37.5 Å². The van der Waals surface area contributed by atoms with E-state index in [-0.39, 0.29) is 11.0 Å². The van der Waals surface area contributed by atoms with Gasteiger partial charge >= 0.3 is 0 Å². The van der Waals surface area contributed by atoms with Gasteiger partial charge in [0.1, 0.15) is 0 Å². The highest BCUT2D eigenvalue weighted by molar-refractivity contribution is 5.35. The fourth-order valence-corrected chi connectivity index (χ4v) is 6.75. The van der Waals surface area contributed by atoms with Gasteiger partial charge < -0.3 is 14.8 Å². The predicted molar refractivity (Wildman–Crippen MR) is 128 cm³/mol. The van der Waals surface area contributed by atoms with E-state index in [0.29, 0.717) is 12.0 Å². The standard InChI is InChI=1S/C28H38N2O2/c1-31-20-22-11-12-25(24-9-3-2-8-23(22)24)29-18-15-27(26-10-4-7-17-30-26)16-19-32-28(21-27)13-5-6-14-28/h2-4,7-10,17,22,25,29H,5-6,11-16,18-21H2,1H3/t22?,25-,27+/m0/s1. The van der Waals surface area contributed by atoms with E-state index in [1.807, 2.05) is 19.4 Å². The van der Waals surface area contributed by atoms with Crippen LogP contribution in [0.25, 0.3) is 0 Å². The van der Waals surface area contributed by atoms with Crippen LogP contribution in [0.5, 0.6) is 0 Å². The van der Waals surface area contributed by atoms with E-state index in [1.54, 1.807) is 0 Å². The largest absolute Gasteiger partial charge is 0.384 e. The molecule has 0 amide bonds. The van der Waals surface area contributed by atoms with Crippen LogP contribution in [0.1, 0.15) is 86.6 Å². The minimum absolute atomic E-state index is 0.0839. The smallest absolute Gasteiger partial charge is 0.0691 e. The summed E-state index contributed by atoms with van der Waals surface area (Å²) >= 11 is 0. The Bertz CT molecular complexity index is 880. The number of hydrogen-bond donors (Lipinski definition) is 1.